The minimum Gasteiger partial charge on any atom is -0.483 e. The van der Waals surface area contributed by atoms with Gasteiger partial charge in [0.1, 0.15) is 4.90 Å². The van der Waals surface area contributed by atoms with E-state index in [0.29, 0.717) is 16.5 Å². The lowest BCUT2D eigenvalue weighted by Gasteiger charge is -2.31. The number of rotatable bonds is 2. The first-order valence-electron chi connectivity index (χ1n) is 6.08. The van der Waals surface area contributed by atoms with Gasteiger partial charge >= 0.3 is 0 Å². The molecule has 0 amide bonds. The maximum absolute atomic E-state index is 11.5. The molecule has 23 heavy (non-hydrogen) atoms. The molecule has 1 unspecified atom stereocenters. The first-order chi connectivity index (χ1) is 10.6. The summed E-state index contributed by atoms with van der Waals surface area (Å²) < 4.78 is 23.0. The monoisotopic (exact) mass is 381 g/mol. The molecule has 8 nitrogen and oxygen atoms in total. The molecule has 1 atom stereocenters. The van der Waals surface area contributed by atoms with Crippen molar-refractivity contribution in [2.24, 2.45) is 10.1 Å². The number of nitrogens with zero attached hydrogens (tertiary/aromatic N) is 2. The second-order valence-corrected chi connectivity index (χ2v) is 7.35. The summed E-state index contributed by atoms with van der Waals surface area (Å²) in [7, 11) is -0.632. The van der Waals surface area contributed by atoms with Crippen LogP contribution in [0.4, 0.5) is 0 Å². The fourth-order valence-electron chi connectivity index (χ4n) is 1.98. The van der Waals surface area contributed by atoms with Crippen molar-refractivity contribution < 1.29 is 23.4 Å². The van der Waals surface area contributed by atoms with Crippen molar-refractivity contribution >= 4 is 45.0 Å². The minimum absolute atomic E-state index is 0.0255. The van der Waals surface area contributed by atoms with Crippen LogP contribution in [-0.4, -0.2) is 55.0 Å². The molecule has 1 aliphatic heterocycles. The summed E-state index contributed by atoms with van der Waals surface area (Å²) >= 11 is 7.22. The van der Waals surface area contributed by atoms with Crippen LogP contribution in [0.3, 0.4) is 0 Å². The van der Waals surface area contributed by atoms with Gasteiger partial charge < -0.3 is 15.1 Å². The Morgan fingerprint density at radius 3 is 2.52 bits per heavy atom. The van der Waals surface area contributed by atoms with Gasteiger partial charge in [-0.05, 0) is 12.1 Å². The van der Waals surface area contributed by atoms with E-state index in [1.807, 2.05) is 0 Å². The molecule has 0 bridgehead atoms. The Morgan fingerprint density at radius 1 is 1.52 bits per heavy atom. The van der Waals surface area contributed by atoms with Crippen LogP contribution in [-0.2, 0) is 20.5 Å². The van der Waals surface area contributed by atoms with E-state index < -0.39 is 15.7 Å². The number of benzene rings is 1. The molecule has 1 aromatic carbocycles. The molecule has 11 heteroatoms. The minimum atomic E-state index is -3.95. The quantitative estimate of drug-likeness (QED) is 0.635. The van der Waals surface area contributed by atoms with E-state index in [1.165, 1.54) is 23.9 Å². The number of nitrogens with two attached hydrogens (primary N) is 1. The molecular formula is C12H16ClN3O5S2. The summed E-state index contributed by atoms with van der Waals surface area (Å²) in [5, 5.41) is 23.5. The van der Waals surface area contributed by atoms with E-state index in [-0.39, 0.29) is 16.4 Å². The smallest absolute Gasteiger partial charge is 0.290 e. The summed E-state index contributed by atoms with van der Waals surface area (Å²) in [5.74, 6) is 0.335. The highest BCUT2D eigenvalue weighted by Gasteiger charge is 2.42. The lowest BCUT2D eigenvalue weighted by atomic mass is 10.0. The van der Waals surface area contributed by atoms with Crippen molar-refractivity contribution in [3.8, 4) is 0 Å². The summed E-state index contributed by atoms with van der Waals surface area (Å²) in [6.07, 6.45) is 0. The topological polar surface area (TPSA) is 133 Å². The summed E-state index contributed by atoms with van der Waals surface area (Å²) in [6.45, 7) is -0.250. The first kappa shape index (κ1) is 19.7. The molecule has 128 valence electrons. The Hall–Kier alpha value is -1.33. The van der Waals surface area contributed by atoms with Gasteiger partial charge in [0.05, 0.1) is 10.8 Å². The summed E-state index contributed by atoms with van der Waals surface area (Å²) in [5.41, 5.74) is -0.941. The van der Waals surface area contributed by atoms with Crippen molar-refractivity contribution in [1.82, 2.24) is 4.90 Å². The fraction of sp³-hybridized carbons (Fsp3) is 0.333. The third kappa shape index (κ3) is 4.15. The zero-order valence-electron chi connectivity index (χ0n) is 12.3. The molecule has 1 aromatic rings. The predicted octanol–water partition coefficient (Wildman–Crippen LogP) is 0.498. The Balaban J connectivity index is 0.000000816. The van der Waals surface area contributed by atoms with Crippen molar-refractivity contribution in [2.75, 3.05) is 19.8 Å². The second kappa shape index (κ2) is 7.49. The molecule has 1 heterocycles. The normalized spacial score (nSPS) is 22.7. The number of halogens is 1. The van der Waals surface area contributed by atoms with Crippen LogP contribution in [0.5, 0.6) is 0 Å². The largest absolute Gasteiger partial charge is 0.483 e. The lowest BCUT2D eigenvalue weighted by Crippen LogP contribution is -2.42. The number of thioether (sulfide) groups is 1. The number of primary sulfonamides is 1. The van der Waals surface area contributed by atoms with E-state index in [0.717, 1.165) is 0 Å². The number of hydrogen-bond acceptors (Lipinski definition) is 6. The van der Waals surface area contributed by atoms with Crippen LogP contribution < -0.4 is 5.14 Å². The Kier molecular flexibility index (Phi) is 6.42. The van der Waals surface area contributed by atoms with Crippen LogP contribution in [0.2, 0.25) is 5.02 Å². The van der Waals surface area contributed by atoms with Crippen LogP contribution >= 0.6 is 23.4 Å². The fourth-order valence-corrected chi connectivity index (χ4v) is 4.21. The van der Waals surface area contributed by atoms with E-state index in [9.17, 15) is 13.5 Å². The van der Waals surface area contributed by atoms with Gasteiger partial charge in [-0.3, -0.25) is 9.79 Å². The highest BCUT2D eigenvalue weighted by Crippen LogP contribution is 2.39. The molecule has 1 saturated heterocycles. The number of aliphatic hydroxyl groups is 1. The van der Waals surface area contributed by atoms with E-state index >= 15 is 0 Å². The van der Waals surface area contributed by atoms with Gasteiger partial charge in [-0.25, -0.2) is 13.6 Å². The van der Waals surface area contributed by atoms with Gasteiger partial charge in [-0.15, -0.1) is 0 Å². The zero-order chi connectivity index (χ0) is 17.8. The summed E-state index contributed by atoms with van der Waals surface area (Å²) in [6, 6.07) is 4.29. The molecule has 1 aliphatic rings. The Bertz CT molecular complexity index is 725. The Morgan fingerprint density at radius 2 is 2.09 bits per heavy atom. The predicted molar refractivity (Wildman–Crippen MR) is 89.0 cm³/mol. The van der Waals surface area contributed by atoms with Gasteiger partial charge in [-0.1, -0.05) is 29.4 Å². The average Bonchev–Trinajstić information content (AvgIpc) is 2.76. The number of carbonyl (C=O) groups is 1. The van der Waals surface area contributed by atoms with Crippen LogP contribution in [0.1, 0.15) is 5.56 Å². The molecular weight excluding hydrogens is 366 g/mol. The van der Waals surface area contributed by atoms with Gasteiger partial charge in [0.15, 0.2) is 10.9 Å². The second-order valence-electron chi connectivity index (χ2n) is 4.47. The van der Waals surface area contributed by atoms with Crippen molar-refractivity contribution in [1.29, 1.82) is 0 Å². The molecule has 0 spiro atoms. The third-order valence-corrected chi connectivity index (χ3v) is 5.79. The van der Waals surface area contributed by atoms with Gasteiger partial charge in [0.2, 0.25) is 10.0 Å². The standard InChI is InChI=1S/C11H14ClN3O3S2.CH2O2/c1-14-10-15(2)11(16,6-19-10)7-3-4-8(12)9(5-7)20(13,17)18;2-1-3/h3-5,16H,6H2,1-2H3,(H2,13,17,18);1H,(H,2,3). The summed E-state index contributed by atoms with van der Waals surface area (Å²) in [4.78, 5) is 13.8. The van der Waals surface area contributed by atoms with E-state index in [4.69, 9.17) is 26.6 Å². The van der Waals surface area contributed by atoms with E-state index in [1.54, 1.807) is 25.1 Å². The number of sulfonamides is 1. The van der Waals surface area contributed by atoms with Crippen LogP contribution in [0.15, 0.2) is 28.1 Å². The highest BCUT2D eigenvalue weighted by atomic mass is 35.5. The van der Waals surface area contributed by atoms with Crippen LogP contribution in [0.25, 0.3) is 0 Å². The van der Waals surface area contributed by atoms with Crippen LogP contribution in [0, 0.1) is 0 Å². The van der Waals surface area contributed by atoms with E-state index in [2.05, 4.69) is 4.99 Å². The molecule has 0 aromatic heterocycles. The zero-order valence-corrected chi connectivity index (χ0v) is 14.7. The first-order valence-corrected chi connectivity index (χ1v) is 8.99. The number of aliphatic imine (C=N–C) groups is 1. The molecule has 0 saturated carbocycles. The molecule has 4 N–H and O–H groups in total. The molecule has 0 radical (unpaired) electrons. The van der Waals surface area contributed by atoms with Crippen molar-refractivity contribution in [3.05, 3.63) is 28.8 Å². The molecule has 0 aliphatic carbocycles. The third-order valence-electron chi connectivity index (χ3n) is 3.14. The molecule has 1 fully saturated rings. The van der Waals surface area contributed by atoms with Gasteiger partial charge in [0.25, 0.3) is 6.47 Å². The average molecular weight is 382 g/mol. The maximum atomic E-state index is 11.5. The number of carboxylic acid groups (broad SMARTS) is 1. The number of hydrogen-bond donors (Lipinski definition) is 3. The van der Waals surface area contributed by atoms with Gasteiger partial charge in [0, 0.05) is 19.7 Å². The Labute approximate surface area is 143 Å². The SMILES string of the molecule is CN=C1SCC(O)(c2ccc(Cl)c(S(N)(=O)=O)c2)N1C.O=CO. The molecule has 2 rings (SSSR count). The lowest BCUT2D eigenvalue weighted by molar-refractivity contribution is -0.122. The van der Waals surface area contributed by atoms with Crippen molar-refractivity contribution in [3.63, 3.8) is 0 Å². The van der Waals surface area contributed by atoms with Gasteiger partial charge in [-0.2, -0.15) is 0 Å². The maximum Gasteiger partial charge on any atom is 0.290 e. The number of amidine groups is 1. The van der Waals surface area contributed by atoms with Crippen molar-refractivity contribution in [2.45, 2.75) is 10.6 Å². The highest BCUT2D eigenvalue weighted by molar-refractivity contribution is 8.14.